The van der Waals surface area contributed by atoms with Crippen molar-refractivity contribution < 1.29 is 9.53 Å². The molecule has 4 nitrogen and oxygen atoms in total. The number of pyridine rings is 1. The van der Waals surface area contributed by atoms with Crippen LogP contribution < -0.4 is 9.64 Å². The quantitative estimate of drug-likeness (QED) is 0.830. The number of fused-ring (bicyclic) bond motifs is 1. The van der Waals surface area contributed by atoms with Crippen molar-refractivity contribution >= 4 is 11.7 Å². The minimum absolute atomic E-state index is 0.0540. The summed E-state index contributed by atoms with van der Waals surface area (Å²) < 4.78 is 5.78. The number of nitrogens with zero attached hydrogens (tertiary/aromatic N) is 2. The zero-order valence-corrected chi connectivity index (χ0v) is 14.5. The lowest BCUT2D eigenvalue weighted by Gasteiger charge is -2.33. The van der Waals surface area contributed by atoms with Gasteiger partial charge in [-0.25, -0.2) is 4.98 Å². The summed E-state index contributed by atoms with van der Waals surface area (Å²) in [7, 11) is 0. The molecule has 0 aromatic carbocycles. The van der Waals surface area contributed by atoms with Gasteiger partial charge in [0, 0.05) is 13.0 Å². The molecule has 0 saturated carbocycles. The van der Waals surface area contributed by atoms with Crippen LogP contribution in [0, 0.1) is 11.3 Å². The van der Waals surface area contributed by atoms with Gasteiger partial charge in [-0.05, 0) is 35.8 Å². The molecule has 1 amide bonds. The maximum absolute atomic E-state index is 12.2. The van der Waals surface area contributed by atoms with Crippen molar-refractivity contribution in [3.8, 4) is 5.75 Å². The molecule has 4 heteroatoms. The van der Waals surface area contributed by atoms with E-state index < -0.39 is 0 Å². The maximum Gasteiger partial charge on any atom is 0.228 e. The molecule has 0 unspecified atom stereocenters. The van der Waals surface area contributed by atoms with Gasteiger partial charge in [-0.15, -0.1) is 0 Å². The zero-order chi connectivity index (χ0) is 16.3. The predicted molar refractivity (Wildman–Crippen MR) is 89.3 cm³/mol. The molecule has 0 spiro atoms. The van der Waals surface area contributed by atoms with Gasteiger partial charge in [-0.2, -0.15) is 0 Å². The number of anilines is 1. The fourth-order valence-corrected chi connectivity index (χ4v) is 2.53. The molecule has 0 saturated heterocycles. The summed E-state index contributed by atoms with van der Waals surface area (Å²) in [5.41, 5.74) is 1.17. The molecule has 0 aliphatic carbocycles. The van der Waals surface area contributed by atoms with Crippen LogP contribution in [-0.4, -0.2) is 24.0 Å². The van der Waals surface area contributed by atoms with Crippen LogP contribution in [0.25, 0.3) is 0 Å². The Bertz CT molecular complexity index is 532. The molecule has 1 aromatic heterocycles. The molecule has 2 rings (SSSR count). The lowest BCUT2D eigenvalue weighted by atomic mass is 9.94. The summed E-state index contributed by atoms with van der Waals surface area (Å²) in [5.74, 6) is 2.42. The molecule has 0 atom stereocenters. The largest absolute Gasteiger partial charge is 0.492 e. The van der Waals surface area contributed by atoms with E-state index in [0.717, 1.165) is 30.0 Å². The lowest BCUT2D eigenvalue weighted by Crippen LogP contribution is -2.41. The average Bonchev–Trinajstić information content (AvgIpc) is 2.40. The molecule has 0 radical (unpaired) electrons. The van der Waals surface area contributed by atoms with E-state index >= 15 is 0 Å². The van der Waals surface area contributed by atoms with Crippen LogP contribution in [0.5, 0.6) is 5.75 Å². The lowest BCUT2D eigenvalue weighted by molar-refractivity contribution is -0.119. The number of aromatic nitrogens is 1. The van der Waals surface area contributed by atoms with Crippen LogP contribution >= 0.6 is 0 Å². The Morgan fingerprint density at radius 3 is 2.68 bits per heavy atom. The van der Waals surface area contributed by atoms with Crippen molar-refractivity contribution in [1.29, 1.82) is 0 Å². The average molecular weight is 304 g/mol. The van der Waals surface area contributed by atoms with Crippen LogP contribution in [0.15, 0.2) is 12.3 Å². The van der Waals surface area contributed by atoms with Gasteiger partial charge in [0.15, 0.2) is 0 Å². The Balaban J connectivity index is 2.14. The van der Waals surface area contributed by atoms with Crippen molar-refractivity contribution in [2.24, 2.45) is 11.3 Å². The summed E-state index contributed by atoms with van der Waals surface area (Å²) >= 11 is 0. The van der Waals surface area contributed by atoms with Gasteiger partial charge in [-0.3, -0.25) is 9.69 Å². The van der Waals surface area contributed by atoms with Crippen molar-refractivity contribution in [1.82, 2.24) is 4.98 Å². The normalized spacial score (nSPS) is 15.2. The third-order valence-corrected chi connectivity index (χ3v) is 3.68. The molecular weight excluding hydrogens is 276 g/mol. The number of hydrogen-bond acceptors (Lipinski definition) is 3. The molecular formula is C18H28N2O2. The van der Waals surface area contributed by atoms with E-state index in [4.69, 9.17) is 4.74 Å². The monoisotopic (exact) mass is 304 g/mol. The first kappa shape index (κ1) is 16.8. The first-order valence-electron chi connectivity index (χ1n) is 8.18. The van der Waals surface area contributed by atoms with Crippen molar-refractivity contribution in [3.63, 3.8) is 0 Å². The summed E-state index contributed by atoms with van der Waals surface area (Å²) in [6.45, 7) is 12.2. The van der Waals surface area contributed by atoms with E-state index in [1.165, 1.54) is 0 Å². The molecule has 122 valence electrons. The number of aryl methyl sites for hydroxylation is 1. The SMILES string of the molecule is CC(C)CCOc1cnc2c(c1)CCC(=O)N2CC(C)(C)C. The number of rotatable bonds is 5. The van der Waals surface area contributed by atoms with Crippen molar-refractivity contribution in [2.75, 3.05) is 18.1 Å². The number of ether oxygens (including phenoxy) is 1. The Morgan fingerprint density at radius 1 is 1.32 bits per heavy atom. The highest BCUT2D eigenvalue weighted by Crippen LogP contribution is 2.31. The smallest absolute Gasteiger partial charge is 0.228 e. The van der Waals surface area contributed by atoms with Crippen molar-refractivity contribution in [2.45, 2.75) is 53.9 Å². The van der Waals surface area contributed by atoms with Crippen LogP contribution in [-0.2, 0) is 11.2 Å². The Labute approximate surface area is 133 Å². The Hall–Kier alpha value is -1.58. The number of hydrogen-bond donors (Lipinski definition) is 0. The van der Waals surface area contributed by atoms with Crippen LogP contribution in [0.4, 0.5) is 5.82 Å². The second kappa shape index (κ2) is 6.67. The highest BCUT2D eigenvalue weighted by atomic mass is 16.5. The van der Waals surface area contributed by atoms with Gasteiger partial charge >= 0.3 is 0 Å². The highest BCUT2D eigenvalue weighted by Gasteiger charge is 2.29. The number of amides is 1. The van der Waals surface area contributed by atoms with E-state index in [2.05, 4.69) is 39.6 Å². The van der Waals surface area contributed by atoms with Gasteiger partial charge in [-0.1, -0.05) is 34.6 Å². The van der Waals surface area contributed by atoms with Gasteiger partial charge in [0.05, 0.1) is 12.8 Å². The van der Waals surface area contributed by atoms with Crippen LogP contribution in [0.1, 0.15) is 53.0 Å². The minimum atomic E-state index is 0.0540. The zero-order valence-electron chi connectivity index (χ0n) is 14.5. The van der Waals surface area contributed by atoms with Gasteiger partial charge in [0.25, 0.3) is 0 Å². The third-order valence-electron chi connectivity index (χ3n) is 3.68. The standard InChI is InChI=1S/C18H28N2O2/c1-13(2)8-9-22-15-10-14-6-7-16(21)20(12-18(3,4)5)17(14)19-11-15/h10-11,13H,6-9,12H2,1-5H3. The van der Waals surface area contributed by atoms with E-state index in [-0.39, 0.29) is 11.3 Å². The fourth-order valence-electron chi connectivity index (χ4n) is 2.53. The molecule has 22 heavy (non-hydrogen) atoms. The van der Waals surface area contributed by atoms with Gasteiger partial charge in [0.2, 0.25) is 5.91 Å². The Morgan fingerprint density at radius 2 is 2.05 bits per heavy atom. The first-order chi connectivity index (χ1) is 10.3. The molecule has 1 aromatic rings. The van der Waals surface area contributed by atoms with Crippen LogP contribution in [0.3, 0.4) is 0 Å². The fraction of sp³-hybridized carbons (Fsp3) is 0.667. The van der Waals surface area contributed by atoms with Crippen LogP contribution in [0.2, 0.25) is 0 Å². The molecule has 2 heterocycles. The molecule has 1 aliphatic heterocycles. The number of carbonyl (C=O) groups excluding carboxylic acids is 1. The summed E-state index contributed by atoms with van der Waals surface area (Å²) in [6, 6.07) is 2.05. The van der Waals surface area contributed by atoms with Crippen molar-refractivity contribution in [3.05, 3.63) is 17.8 Å². The maximum atomic E-state index is 12.2. The second-order valence-electron chi connectivity index (χ2n) is 7.73. The van der Waals surface area contributed by atoms with Gasteiger partial charge < -0.3 is 4.74 Å². The molecule has 0 bridgehead atoms. The molecule has 0 N–H and O–H groups in total. The first-order valence-corrected chi connectivity index (χ1v) is 8.18. The minimum Gasteiger partial charge on any atom is -0.492 e. The van der Waals surface area contributed by atoms with E-state index in [1.807, 2.05) is 11.0 Å². The highest BCUT2D eigenvalue weighted by molar-refractivity contribution is 5.95. The predicted octanol–water partition coefficient (Wildman–Crippen LogP) is 3.83. The molecule has 1 aliphatic rings. The van der Waals surface area contributed by atoms with E-state index in [1.54, 1.807) is 6.20 Å². The summed E-state index contributed by atoms with van der Waals surface area (Å²) in [5, 5.41) is 0. The second-order valence-corrected chi connectivity index (χ2v) is 7.73. The number of carbonyl (C=O) groups is 1. The summed E-state index contributed by atoms with van der Waals surface area (Å²) in [6.07, 6.45) is 4.09. The van der Waals surface area contributed by atoms with Gasteiger partial charge in [0.1, 0.15) is 11.6 Å². The Kier molecular flexibility index (Phi) is 5.09. The van der Waals surface area contributed by atoms with E-state index in [9.17, 15) is 4.79 Å². The topological polar surface area (TPSA) is 42.4 Å². The van der Waals surface area contributed by atoms with E-state index in [0.29, 0.717) is 25.5 Å². The summed E-state index contributed by atoms with van der Waals surface area (Å²) in [4.78, 5) is 18.6. The molecule has 0 fully saturated rings. The third kappa shape index (κ3) is 4.46.